The van der Waals surface area contributed by atoms with Gasteiger partial charge in [0.25, 0.3) is 11.9 Å². The lowest BCUT2D eigenvalue weighted by Gasteiger charge is -2.08. The van der Waals surface area contributed by atoms with Gasteiger partial charge >= 0.3 is 0 Å². The van der Waals surface area contributed by atoms with Crippen LogP contribution in [0.15, 0.2) is 42.5 Å². The molecule has 0 aliphatic carbocycles. The van der Waals surface area contributed by atoms with E-state index in [0.717, 1.165) is 21.4 Å². The van der Waals surface area contributed by atoms with Crippen molar-refractivity contribution in [1.82, 2.24) is 20.6 Å². The fourth-order valence-electron chi connectivity index (χ4n) is 2.65. The number of methoxy groups -OCH3 is 1. The molecular formula is C18H15N5O3S. The maximum Gasteiger partial charge on any atom is 0.272 e. The number of ether oxygens (including phenoxy) is 2. The van der Waals surface area contributed by atoms with Crippen LogP contribution >= 0.6 is 11.3 Å². The van der Waals surface area contributed by atoms with E-state index in [1.165, 1.54) is 11.3 Å². The zero-order valence-corrected chi connectivity index (χ0v) is 15.3. The van der Waals surface area contributed by atoms with Crippen molar-refractivity contribution in [2.75, 3.05) is 12.4 Å². The van der Waals surface area contributed by atoms with E-state index in [9.17, 15) is 4.79 Å². The second-order valence-electron chi connectivity index (χ2n) is 5.68. The molecule has 2 aromatic heterocycles. The van der Waals surface area contributed by atoms with Crippen molar-refractivity contribution < 1.29 is 14.3 Å². The van der Waals surface area contributed by atoms with Crippen LogP contribution in [0.5, 0.6) is 17.2 Å². The van der Waals surface area contributed by atoms with Crippen LogP contribution in [-0.2, 0) is 0 Å². The molecule has 27 heavy (non-hydrogen) atoms. The first kappa shape index (κ1) is 17.0. The summed E-state index contributed by atoms with van der Waals surface area (Å²) in [5.41, 5.74) is 0.975. The van der Waals surface area contributed by atoms with Crippen molar-refractivity contribution in [3.8, 4) is 17.2 Å². The molecule has 2 aromatic carbocycles. The van der Waals surface area contributed by atoms with Crippen LogP contribution in [0.4, 0.5) is 5.95 Å². The van der Waals surface area contributed by atoms with Gasteiger partial charge < -0.3 is 9.47 Å². The van der Waals surface area contributed by atoms with Crippen molar-refractivity contribution in [1.29, 1.82) is 0 Å². The Morgan fingerprint density at radius 1 is 1.22 bits per heavy atom. The fraction of sp³-hybridized carbons (Fsp3) is 0.111. The van der Waals surface area contributed by atoms with Crippen LogP contribution in [-0.4, -0.2) is 33.6 Å². The summed E-state index contributed by atoms with van der Waals surface area (Å²) in [6.45, 7) is 1.95. The van der Waals surface area contributed by atoms with E-state index in [2.05, 4.69) is 25.9 Å². The largest absolute Gasteiger partial charge is 0.496 e. The Kier molecular flexibility index (Phi) is 4.43. The molecule has 4 aromatic rings. The molecular weight excluding hydrogens is 366 g/mol. The van der Waals surface area contributed by atoms with Gasteiger partial charge in [0, 0.05) is 10.1 Å². The molecule has 2 N–H and O–H groups in total. The molecule has 0 radical (unpaired) electrons. The summed E-state index contributed by atoms with van der Waals surface area (Å²) < 4.78 is 12.4. The van der Waals surface area contributed by atoms with Crippen LogP contribution in [0.2, 0.25) is 0 Å². The number of aromatic nitrogens is 4. The first-order chi connectivity index (χ1) is 13.2. The number of hydrogen-bond donors (Lipinski definition) is 2. The minimum Gasteiger partial charge on any atom is -0.496 e. The van der Waals surface area contributed by atoms with Crippen LogP contribution in [0, 0.1) is 6.92 Å². The quantitative estimate of drug-likeness (QED) is 0.545. The molecule has 136 valence electrons. The zero-order valence-electron chi connectivity index (χ0n) is 14.5. The van der Waals surface area contributed by atoms with Crippen LogP contribution < -0.4 is 14.8 Å². The number of H-pyrrole nitrogens is 1. The number of para-hydroxylation sites is 1. The number of nitrogens with zero attached hydrogens (tertiary/aromatic N) is 3. The predicted octanol–water partition coefficient (Wildman–Crippen LogP) is 3.78. The van der Waals surface area contributed by atoms with Gasteiger partial charge in [-0.2, -0.15) is 5.21 Å². The third-order valence-electron chi connectivity index (χ3n) is 3.90. The molecule has 0 saturated carbocycles. The van der Waals surface area contributed by atoms with Crippen molar-refractivity contribution in [2.45, 2.75) is 6.92 Å². The van der Waals surface area contributed by atoms with E-state index < -0.39 is 0 Å². The number of rotatable bonds is 5. The molecule has 0 aliphatic heterocycles. The maximum atomic E-state index is 12.8. The number of carbonyl (C=O) groups excluding carboxylic acids is 1. The molecule has 0 fully saturated rings. The highest BCUT2D eigenvalue weighted by atomic mass is 32.1. The summed E-state index contributed by atoms with van der Waals surface area (Å²) in [6.07, 6.45) is 0. The molecule has 8 nitrogen and oxygen atoms in total. The highest BCUT2D eigenvalue weighted by Gasteiger charge is 2.23. The van der Waals surface area contributed by atoms with Gasteiger partial charge in [-0.05, 0) is 42.0 Å². The Labute approximate surface area is 158 Å². The predicted molar refractivity (Wildman–Crippen MR) is 102 cm³/mol. The third-order valence-corrected chi connectivity index (χ3v) is 5.03. The van der Waals surface area contributed by atoms with Gasteiger partial charge in [0.15, 0.2) is 5.75 Å². The average Bonchev–Trinajstić information content (AvgIpc) is 3.30. The van der Waals surface area contributed by atoms with Crippen molar-refractivity contribution in [3.63, 3.8) is 0 Å². The monoisotopic (exact) mass is 381 g/mol. The number of anilines is 1. The van der Waals surface area contributed by atoms with Gasteiger partial charge in [-0.3, -0.25) is 10.1 Å². The van der Waals surface area contributed by atoms with Crippen LogP contribution in [0.3, 0.4) is 0 Å². The Balaban J connectivity index is 1.83. The number of aryl methyl sites for hydroxylation is 1. The van der Waals surface area contributed by atoms with Gasteiger partial charge in [0.2, 0.25) is 0 Å². The minimum atomic E-state index is -0.375. The van der Waals surface area contributed by atoms with E-state index in [1.807, 2.05) is 49.4 Å². The van der Waals surface area contributed by atoms with Crippen LogP contribution in [0.1, 0.15) is 15.2 Å². The van der Waals surface area contributed by atoms with Crippen molar-refractivity contribution in [2.24, 2.45) is 0 Å². The summed E-state index contributed by atoms with van der Waals surface area (Å²) in [5, 5.41) is 16.7. The van der Waals surface area contributed by atoms with Crippen molar-refractivity contribution in [3.05, 3.63) is 52.9 Å². The summed E-state index contributed by atoms with van der Waals surface area (Å²) in [7, 11) is 1.61. The highest BCUT2D eigenvalue weighted by Crippen LogP contribution is 2.43. The van der Waals surface area contributed by atoms with Gasteiger partial charge in [-0.15, -0.1) is 16.4 Å². The lowest BCUT2D eigenvalue weighted by molar-refractivity contribution is 0.102. The maximum absolute atomic E-state index is 12.8. The molecule has 2 heterocycles. The molecule has 4 rings (SSSR count). The van der Waals surface area contributed by atoms with E-state index >= 15 is 0 Å². The average molecular weight is 381 g/mol. The van der Waals surface area contributed by atoms with E-state index in [0.29, 0.717) is 16.4 Å². The van der Waals surface area contributed by atoms with Crippen LogP contribution in [0.25, 0.3) is 10.1 Å². The standard InChI is InChI=1S/C18H15N5O3S/c1-10-8-14-12(9-13(10)25-2)15(26-11-6-4-3-5-7-11)16(27-14)17(24)19-18-20-22-23-21-18/h3-9H,1-2H3,(H2,19,20,21,22,23,24). The first-order valence-electron chi connectivity index (χ1n) is 8.04. The lowest BCUT2D eigenvalue weighted by Crippen LogP contribution is -2.12. The Bertz CT molecular complexity index is 1090. The first-order valence-corrected chi connectivity index (χ1v) is 8.86. The fourth-order valence-corrected chi connectivity index (χ4v) is 3.76. The molecule has 0 atom stereocenters. The van der Waals surface area contributed by atoms with Crippen molar-refractivity contribution >= 4 is 33.3 Å². The van der Waals surface area contributed by atoms with E-state index in [4.69, 9.17) is 9.47 Å². The summed E-state index contributed by atoms with van der Waals surface area (Å²) in [4.78, 5) is 13.2. The zero-order chi connectivity index (χ0) is 18.8. The normalized spacial score (nSPS) is 10.7. The number of nitrogens with one attached hydrogen (secondary N) is 2. The number of thiophene rings is 1. The molecule has 0 aliphatic rings. The topological polar surface area (TPSA) is 102 Å². The number of carbonyl (C=O) groups is 1. The van der Waals surface area contributed by atoms with Gasteiger partial charge in [-0.1, -0.05) is 23.3 Å². The number of fused-ring (bicyclic) bond motifs is 1. The molecule has 1 amide bonds. The Morgan fingerprint density at radius 2 is 2.04 bits per heavy atom. The lowest BCUT2D eigenvalue weighted by atomic mass is 10.1. The molecule has 0 bridgehead atoms. The Hall–Kier alpha value is -3.46. The number of aromatic amines is 1. The number of benzene rings is 2. The van der Waals surface area contributed by atoms with E-state index in [1.54, 1.807) is 7.11 Å². The van der Waals surface area contributed by atoms with Gasteiger partial charge in [-0.25, -0.2) is 0 Å². The minimum absolute atomic E-state index is 0.0943. The third kappa shape index (κ3) is 3.32. The smallest absolute Gasteiger partial charge is 0.272 e. The van der Waals surface area contributed by atoms with Gasteiger partial charge in [0.1, 0.15) is 16.4 Å². The van der Waals surface area contributed by atoms with Gasteiger partial charge in [0.05, 0.1) is 7.11 Å². The second kappa shape index (κ2) is 7.04. The summed E-state index contributed by atoms with van der Waals surface area (Å²) in [5.74, 6) is 1.53. The number of amides is 1. The summed E-state index contributed by atoms with van der Waals surface area (Å²) >= 11 is 1.33. The van der Waals surface area contributed by atoms with E-state index in [-0.39, 0.29) is 11.9 Å². The molecule has 0 spiro atoms. The highest BCUT2D eigenvalue weighted by molar-refractivity contribution is 7.21. The molecule has 9 heteroatoms. The number of hydrogen-bond acceptors (Lipinski definition) is 7. The molecule has 0 saturated heterocycles. The Morgan fingerprint density at radius 3 is 2.74 bits per heavy atom. The second-order valence-corrected chi connectivity index (χ2v) is 6.74. The molecule has 0 unspecified atom stereocenters. The SMILES string of the molecule is COc1cc2c(Oc3ccccc3)c(C(=O)Nc3nn[nH]n3)sc2cc1C. The number of tetrazole rings is 1. The summed E-state index contributed by atoms with van der Waals surface area (Å²) in [6, 6.07) is 13.1.